The van der Waals surface area contributed by atoms with Gasteiger partial charge in [0.25, 0.3) is 0 Å². The van der Waals surface area contributed by atoms with E-state index >= 15 is 0 Å². The lowest BCUT2D eigenvalue weighted by molar-refractivity contribution is -0.139. The molecule has 2 saturated heterocycles. The summed E-state index contributed by atoms with van der Waals surface area (Å²) in [5.74, 6) is -1.46. The van der Waals surface area contributed by atoms with Gasteiger partial charge in [-0.25, -0.2) is 0 Å². The summed E-state index contributed by atoms with van der Waals surface area (Å²) >= 11 is 0. The maximum atomic E-state index is 12.8. The Morgan fingerprint density at radius 2 is 1.59 bits per heavy atom. The number of imide groups is 1. The van der Waals surface area contributed by atoms with Crippen LogP contribution in [0.15, 0.2) is 48.5 Å². The fourth-order valence-electron chi connectivity index (χ4n) is 5.45. The maximum absolute atomic E-state index is 12.8. The predicted octanol–water partition coefficient (Wildman–Crippen LogP) is 3.89. The molecule has 0 radical (unpaired) electrons. The molecular weight excluding hydrogens is 432 g/mol. The van der Waals surface area contributed by atoms with Crippen molar-refractivity contribution in [2.45, 2.75) is 45.4 Å². The molecule has 2 aliphatic heterocycles. The van der Waals surface area contributed by atoms with Crippen LogP contribution in [0.3, 0.4) is 0 Å². The molecule has 7 nitrogen and oxygen atoms in total. The van der Waals surface area contributed by atoms with Crippen molar-refractivity contribution >= 4 is 35.1 Å². The molecule has 2 aromatic rings. The fraction of sp³-hybridized carbons (Fsp3) is 0.407. The van der Waals surface area contributed by atoms with Gasteiger partial charge in [0.05, 0.1) is 23.4 Å². The van der Waals surface area contributed by atoms with E-state index in [0.29, 0.717) is 11.4 Å². The molecular formula is C27H28N2O5. The van der Waals surface area contributed by atoms with Crippen molar-refractivity contribution in [1.29, 1.82) is 0 Å². The number of anilines is 2. The summed E-state index contributed by atoms with van der Waals surface area (Å²) < 4.78 is 5.55. The van der Waals surface area contributed by atoms with E-state index < -0.39 is 11.9 Å². The molecule has 3 fully saturated rings. The van der Waals surface area contributed by atoms with E-state index in [2.05, 4.69) is 0 Å². The van der Waals surface area contributed by atoms with Crippen molar-refractivity contribution in [1.82, 2.24) is 0 Å². The summed E-state index contributed by atoms with van der Waals surface area (Å²) in [7, 11) is 0. The van der Waals surface area contributed by atoms with E-state index in [9.17, 15) is 19.2 Å². The topological polar surface area (TPSA) is 84.0 Å². The minimum Gasteiger partial charge on any atom is -0.426 e. The zero-order valence-corrected chi connectivity index (χ0v) is 19.2. The molecule has 0 N–H and O–H groups in total. The Morgan fingerprint density at radius 1 is 0.941 bits per heavy atom. The number of ether oxygens (including phenoxy) is 1. The van der Waals surface area contributed by atoms with Crippen molar-refractivity contribution in [3.63, 3.8) is 0 Å². The van der Waals surface area contributed by atoms with Gasteiger partial charge in [-0.05, 0) is 55.2 Å². The van der Waals surface area contributed by atoms with Gasteiger partial charge in [0.2, 0.25) is 17.7 Å². The van der Waals surface area contributed by atoms with Gasteiger partial charge < -0.3 is 9.64 Å². The van der Waals surface area contributed by atoms with Crippen LogP contribution in [0.25, 0.3) is 0 Å². The number of rotatable bonds is 5. The third-order valence-electron chi connectivity index (χ3n) is 7.28. The van der Waals surface area contributed by atoms with Crippen molar-refractivity contribution in [3.8, 4) is 5.75 Å². The highest BCUT2D eigenvalue weighted by molar-refractivity contribution is 6.22. The van der Waals surface area contributed by atoms with E-state index in [4.69, 9.17) is 4.74 Å². The van der Waals surface area contributed by atoms with Gasteiger partial charge in [-0.15, -0.1) is 0 Å². The Morgan fingerprint density at radius 3 is 2.24 bits per heavy atom. The molecule has 0 spiro atoms. The van der Waals surface area contributed by atoms with Crippen LogP contribution in [0.2, 0.25) is 0 Å². The quantitative estimate of drug-likeness (QED) is 0.384. The summed E-state index contributed by atoms with van der Waals surface area (Å²) in [6, 6.07) is 14.2. The summed E-state index contributed by atoms with van der Waals surface area (Å²) in [6.07, 6.45) is 4.39. The van der Waals surface area contributed by atoms with E-state index in [1.54, 1.807) is 29.2 Å². The average Bonchev–Trinajstić information content (AvgIpc) is 3.37. The summed E-state index contributed by atoms with van der Waals surface area (Å²) in [5, 5.41) is 0. The number of esters is 1. The Bertz CT molecular complexity index is 1120. The van der Waals surface area contributed by atoms with Crippen LogP contribution in [0.1, 0.15) is 44.6 Å². The van der Waals surface area contributed by atoms with E-state index in [1.807, 2.05) is 31.2 Å². The molecule has 1 aliphatic carbocycles. The molecule has 3 atom stereocenters. The molecule has 1 saturated carbocycles. The molecule has 7 heteroatoms. The van der Waals surface area contributed by atoms with Crippen LogP contribution in [0.5, 0.6) is 5.75 Å². The van der Waals surface area contributed by atoms with Gasteiger partial charge in [0.1, 0.15) is 5.75 Å². The first kappa shape index (κ1) is 22.3. The zero-order chi connectivity index (χ0) is 23.8. The van der Waals surface area contributed by atoms with Gasteiger partial charge in [0.15, 0.2) is 0 Å². The number of carbonyl (C=O) groups excluding carboxylic acids is 4. The first-order chi connectivity index (χ1) is 16.5. The van der Waals surface area contributed by atoms with Gasteiger partial charge >= 0.3 is 5.97 Å². The molecule has 2 heterocycles. The van der Waals surface area contributed by atoms with E-state index in [0.717, 1.165) is 43.4 Å². The Kier molecular flexibility index (Phi) is 5.94. The number of amides is 3. The number of nitrogens with zero attached hydrogens (tertiary/aromatic N) is 2. The highest BCUT2D eigenvalue weighted by atomic mass is 16.5. The first-order valence-electron chi connectivity index (χ1n) is 12.1. The smallest absolute Gasteiger partial charge is 0.316 e. The highest BCUT2D eigenvalue weighted by Crippen LogP contribution is 2.40. The molecule has 0 aromatic heterocycles. The fourth-order valence-corrected chi connectivity index (χ4v) is 5.45. The van der Waals surface area contributed by atoms with E-state index in [1.165, 1.54) is 4.90 Å². The second-order valence-corrected chi connectivity index (χ2v) is 9.31. The second kappa shape index (κ2) is 9.05. The van der Waals surface area contributed by atoms with Crippen molar-refractivity contribution in [3.05, 3.63) is 54.1 Å². The molecule has 5 rings (SSSR count). The summed E-state index contributed by atoms with van der Waals surface area (Å²) in [6.45, 7) is 2.32. The molecule has 176 valence electrons. The van der Waals surface area contributed by atoms with Crippen LogP contribution < -0.4 is 14.5 Å². The molecule has 0 unspecified atom stereocenters. The summed E-state index contributed by atoms with van der Waals surface area (Å²) in [4.78, 5) is 53.9. The van der Waals surface area contributed by atoms with Crippen LogP contribution >= 0.6 is 0 Å². The number of fused-ring (bicyclic) bond motifs is 1. The molecule has 34 heavy (non-hydrogen) atoms. The SMILES string of the molecule is CCc1ccccc1N1C[C@H](C(=O)Oc2ccc(N3C(=O)[C@@H]4CCCC[C@H]4C3=O)cc2)CC1=O. The van der Waals surface area contributed by atoms with Gasteiger partial charge in [-0.2, -0.15) is 0 Å². The number of hydrogen-bond acceptors (Lipinski definition) is 5. The second-order valence-electron chi connectivity index (χ2n) is 9.31. The zero-order valence-electron chi connectivity index (χ0n) is 19.2. The lowest BCUT2D eigenvalue weighted by atomic mass is 9.81. The van der Waals surface area contributed by atoms with Gasteiger partial charge in [0, 0.05) is 18.7 Å². The predicted molar refractivity (Wildman–Crippen MR) is 126 cm³/mol. The average molecular weight is 461 g/mol. The number of carbonyl (C=O) groups is 4. The Balaban J connectivity index is 1.25. The minimum atomic E-state index is -0.554. The minimum absolute atomic E-state index is 0.0919. The number of para-hydroxylation sites is 1. The monoisotopic (exact) mass is 460 g/mol. The normalized spacial score (nSPS) is 24.5. The van der Waals surface area contributed by atoms with Crippen LogP contribution in [0, 0.1) is 17.8 Å². The molecule has 2 aromatic carbocycles. The lowest BCUT2D eigenvalue weighted by Gasteiger charge is -2.19. The largest absolute Gasteiger partial charge is 0.426 e. The van der Waals surface area contributed by atoms with Crippen molar-refractivity contribution in [2.75, 3.05) is 16.3 Å². The van der Waals surface area contributed by atoms with Crippen LogP contribution in [-0.2, 0) is 25.6 Å². The Hall–Kier alpha value is -3.48. The molecule has 3 aliphatic rings. The van der Waals surface area contributed by atoms with Crippen LogP contribution in [-0.4, -0.2) is 30.2 Å². The third kappa shape index (κ3) is 3.89. The maximum Gasteiger partial charge on any atom is 0.316 e. The summed E-state index contributed by atoms with van der Waals surface area (Å²) in [5.41, 5.74) is 2.41. The standard InChI is InChI=1S/C27H28N2O5/c1-2-17-7-3-6-10-23(17)28-16-18(15-24(28)30)27(33)34-20-13-11-19(12-14-20)29-25(31)21-8-4-5-9-22(21)26(29)32/h3,6-7,10-14,18,21-22H,2,4-5,8-9,15-16H2,1H3/t18-,21-,22-/m1/s1. The Labute approximate surface area is 198 Å². The van der Waals surface area contributed by atoms with Crippen LogP contribution in [0.4, 0.5) is 11.4 Å². The number of benzene rings is 2. The van der Waals surface area contributed by atoms with Crippen molar-refractivity contribution in [2.24, 2.45) is 17.8 Å². The van der Waals surface area contributed by atoms with Gasteiger partial charge in [-0.3, -0.25) is 24.1 Å². The number of hydrogen-bond donors (Lipinski definition) is 0. The molecule has 3 amide bonds. The van der Waals surface area contributed by atoms with Gasteiger partial charge in [-0.1, -0.05) is 38.0 Å². The third-order valence-corrected chi connectivity index (χ3v) is 7.28. The highest BCUT2D eigenvalue weighted by Gasteiger charge is 2.48. The first-order valence-corrected chi connectivity index (χ1v) is 12.1. The lowest BCUT2D eigenvalue weighted by Crippen LogP contribution is -2.30. The van der Waals surface area contributed by atoms with E-state index in [-0.39, 0.29) is 42.5 Å². The van der Waals surface area contributed by atoms with Crippen molar-refractivity contribution < 1.29 is 23.9 Å². The number of aryl methyl sites for hydroxylation is 1. The molecule has 0 bridgehead atoms.